The third kappa shape index (κ3) is 2.65. The van der Waals surface area contributed by atoms with Crippen molar-refractivity contribution in [3.63, 3.8) is 0 Å². The van der Waals surface area contributed by atoms with Gasteiger partial charge in [-0.2, -0.15) is 0 Å². The predicted octanol–water partition coefficient (Wildman–Crippen LogP) is 2.87. The molecule has 16 heavy (non-hydrogen) atoms. The number of thiophene rings is 1. The molecular weight excluding hydrogens is 218 g/mol. The van der Waals surface area contributed by atoms with Crippen LogP contribution in [0.2, 0.25) is 0 Å². The quantitative estimate of drug-likeness (QED) is 0.873. The van der Waals surface area contributed by atoms with Crippen LogP contribution in [0.5, 0.6) is 0 Å². The number of rotatable bonds is 4. The highest BCUT2D eigenvalue weighted by molar-refractivity contribution is 7.09. The standard InChI is InChI=1S/C13H21NOS/c1-10(2)14(9-11-5-4-8-16-11)12-6-3-7-13(12)15/h4-5,8,10,12-13,15H,3,6-7,9H2,1-2H3/t12-,13-/m1/s1. The second kappa shape index (κ2) is 5.30. The van der Waals surface area contributed by atoms with Crippen molar-refractivity contribution in [2.24, 2.45) is 0 Å². The third-order valence-corrected chi connectivity index (χ3v) is 4.31. The van der Waals surface area contributed by atoms with E-state index < -0.39 is 0 Å². The van der Waals surface area contributed by atoms with Crippen molar-refractivity contribution in [3.8, 4) is 0 Å². The van der Waals surface area contributed by atoms with Crippen molar-refractivity contribution in [2.45, 2.75) is 57.8 Å². The highest BCUT2D eigenvalue weighted by atomic mass is 32.1. The lowest BCUT2D eigenvalue weighted by Gasteiger charge is -2.34. The summed E-state index contributed by atoms with van der Waals surface area (Å²) < 4.78 is 0. The first-order valence-corrected chi connectivity index (χ1v) is 7.02. The van der Waals surface area contributed by atoms with Crippen LogP contribution in [0.3, 0.4) is 0 Å². The van der Waals surface area contributed by atoms with Gasteiger partial charge in [0.2, 0.25) is 0 Å². The topological polar surface area (TPSA) is 23.5 Å². The summed E-state index contributed by atoms with van der Waals surface area (Å²) in [6.07, 6.45) is 3.16. The van der Waals surface area contributed by atoms with E-state index in [2.05, 4.69) is 36.3 Å². The molecule has 1 fully saturated rings. The van der Waals surface area contributed by atoms with Crippen LogP contribution in [-0.2, 0) is 6.54 Å². The Labute approximate surface area is 102 Å². The minimum atomic E-state index is -0.123. The number of aliphatic hydroxyl groups excluding tert-OH is 1. The number of nitrogens with zero attached hydrogens (tertiary/aromatic N) is 1. The maximum Gasteiger partial charge on any atom is 0.0695 e. The lowest BCUT2D eigenvalue weighted by Crippen LogP contribution is -2.43. The largest absolute Gasteiger partial charge is 0.391 e. The molecule has 0 radical (unpaired) electrons. The minimum Gasteiger partial charge on any atom is -0.391 e. The fourth-order valence-electron chi connectivity index (χ4n) is 2.57. The van der Waals surface area contributed by atoms with E-state index in [-0.39, 0.29) is 6.10 Å². The molecule has 0 amide bonds. The molecule has 0 aromatic carbocycles. The molecule has 1 heterocycles. The number of hydrogen-bond acceptors (Lipinski definition) is 3. The zero-order chi connectivity index (χ0) is 11.5. The van der Waals surface area contributed by atoms with Crippen molar-refractivity contribution >= 4 is 11.3 Å². The Bertz CT molecular complexity index is 310. The van der Waals surface area contributed by atoms with Crippen LogP contribution < -0.4 is 0 Å². The molecule has 1 aliphatic rings. The van der Waals surface area contributed by atoms with Gasteiger partial charge in [-0.25, -0.2) is 0 Å². The number of aliphatic hydroxyl groups is 1. The van der Waals surface area contributed by atoms with Gasteiger partial charge in [-0.3, -0.25) is 4.90 Å². The van der Waals surface area contributed by atoms with E-state index in [1.165, 1.54) is 11.3 Å². The molecule has 0 saturated heterocycles. The first-order chi connectivity index (χ1) is 7.68. The SMILES string of the molecule is CC(C)N(Cc1cccs1)[C@@H]1CCC[C@H]1O. The molecule has 1 N–H and O–H groups in total. The van der Waals surface area contributed by atoms with E-state index >= 15 is 0 Å². The maximum atomic E-state index is 10.00. The molecule has 0 spiro atoms. The van der Waals surface area contributed by atoms with E-state index in [9.17, 15) is 5.11 Å². The van der Waals surface area contributed by atoms with Crippen LogP contribution in [0.15, 0.2) is 17.5 Å². The van der Waals surface area contributed by atoms with Gasteiger partial charge in [0.1, 0.15) is 0 Å². The smallest absolute Gasteiger partial charge is 0.0695 e. The van der Waals surface area contributed by atoms with Gasteiger partial charge in [0, 0.05) is 23.5 Å². The molecule has 2 rings (SSSR count). The lowest BCUT2D eigenvalue weighted by atomic mass is 10.1. The van der Waals surface area contributed by atoms with Gasteiger partial charge >= 0.3 is 0 Å². The summed E-state index contributed by atoms with van der Waals surface area (Å²) >= 11 is 1.81. The van der Waals surface area contributed by atoms with Gasteiger partial charge in [-0.15, -0.1) is 11.3 Å². The Morgan fingerprint density at radius 2 is 2.31 bits per heavy atom. The van der Waals surface area contributed by atoms with Crippen molar-refractivity contribution in [1.29, 1.82) is 0 Å². The Kier molecular flexibility index (Phi) is 4.00. The van der Waals surface area contributed by atoms with Gasteiger partial charge in [-0.05, 0) is 44.6 Å². The van der Waals surface area contributed by atoms with E-state index in [0.717, 1.165) is 19.4 Å². The third-order valence-electron chi connectivity index (χ3n) is 3.45. The van der Waals surface area contributed by atoms with Crippen LogP contribution in [0.4, 0.5) is 0 Å². The van der Waals surface area contributed by atoms with E-state index in [1.54, 1.807) is 11.3 Å². The first kappa shape index (κ1) is 12.1. The van der Waals surface area contributed by atoms with E-state index in [4.69, 9.17) is 0 Å². The van der Waals surface area contributed by atoms with Gasteiger partial charge in [0.25, 0.3) is 0 Å². The van der Waals surface area contributed by atoms with Gasteiger partial charge in [0.05, 0.1) is 6.10 Å². The van der Waals surface area contributed by atoms with Crippen LogP contribution in [-0.4, -0.2) is 28.2 Å². The first-order valence-electron chi connectivity index (χ1n) is 6.14. The van der Waals surface area contributed by atoms with Crippen molar-refractivity contribution < 1.29 is 5.11 Å². The summed E-state index contributed by atoms with van der Waals surface area (Å²) in [5.41, 5.74) is 0. The lowest BCUT2D eigenvalue weighted by molar-refractivity contribution is 0.0471. The molecular formula is C13H21NOS. The maximum absolute atomic E-state index is 10.00. The Hall–Kier alpha value is -0.380. The molecule has 0 aliphatic heterocycles. The molecule has 1 aromatic rings. The van der Waals surface area contributed by atoms with Crippen LogP contribution >= 0.6 is 11.3 Å². The highest BCUT2D eigenvalue weighted by Gasteiger charge is 2.32. The van der Waals surface area contributed by atoms with E-state index in [0.29, 0.717) is 12.1 Å². The average molecular weight is 239 g/mol. The van der Waals surface area contributed by atoms with Gasteiger partial charge in [-0.1, -0.05) is 6.07 Å². The molecule has 0 bridgehead atoms. The zero-order valence-corrected chi connectivity index (χ0v) is 10.9. The molecule has 1 saturated carbocycles. The normalized spacial score (nSPS) is 25.8. The molecule has 90 valence electrons. The fourth-order valence-corrected chi connectivity index (χ4v) is 3.29. The highest BCUT2D eigenvalue weighted by Crippen LogP contribution is 2.27. The van der Waals surface area contributed by atoms with Crippen molar-refractivity contribution in [3.05, 3.63) is 22.4 Å². The molecule has 1 aliphatic carbocycles. The molecule has 1 aromatic heterocycles. The summed E-state index contributed by atoms with van der Waals surface area (Å²) in [5, 5.41) is 12.1. The minimum absolute atomic E-state index is 0.123. The van der Waals surface area contributed by atoms with Crippen LogP contribution in [0, 0.1) is 0 Å². The summed E-state index contributed by atoms with van der Waals surface area (Å²) in [5.74, 6) is 0. The van der Waals surface area contributed by atoms with Crippen LogP contribution in [0.1, 0.15) is 38.0 Å². The summed E-state index contributed by atoms with van der Waals surface area (Å²) in [6, 6.07) is 5.15. The Balaban J connectivity index is 2.05. The van der Waals surface area contributed by atoms with Crippen molar-refractivity contribution in [1.82, 2.24) is 4.90 Å². The Morgan fingerprint density at radius 1 is 1.50 bits per heavy atom. The second-order valence-electron chi connectivity index (χ2n) is 4.91. The summed E-state index contributed by atoms with van der Waals surface area (Å²) in [7, 11) is 0. The zero-order valence-electron chi connectivity index (χ0n) is 10.1. The fraction of sp³-hybridized carbons (Fsp3) is 0.692. The van der Waals surface area contributed by atoms with E-state index in [1.807, 2.05) is 0 Å². The average Bonchev–Trinajstić information content (AvgIpc) is 2.85. The number of hydrogen-bond donors (Lipinski definition) is 1. The molecule has 0 unspecified atom stereocenters. The summed E-state index contributed by atoms with van der Waals surface area (Å²) in [6.45, 7) is 5.42. The molecule has 2 nitrogen and oxygen atoms in total. The summed E-state index contributed by atoms with van der Waals surface area (Å²) in [4.78, 5) is 3.84. The second-order valence-corrected chi connectivity index (χ2v) is 5.94. The predicted molar refractivity (Wildman–Crippen MR) is 68.6 cm³/mol. The van der Waals surface area contributed by atoms with Gasteiger partial charge < -0.3 is 5.11 Å². The monoisotopic (exact) mass is 239 g/mol. The Morgan fingerprint density at radius 3 is 2.81 bits per heavy atom. The molecule has 3 heteroatoms. The van der Waals surface area contributed by atoms with Crippen LogP contribution in [0.25, 0.3) is 0 Å². The van der Waals surface area contributed by atoms with Gasteiger partial charge in [0.15, 0.2) is 0 Å². The van der Waals surface area contributed by atoms with Crippen molar-refractivity contribution in [2.75, 3.05) is 0 Å². The molecule has 2 atom stereocenters.